The Kier molecular flexibility index (Phi) is 3.12. The topological polar surface area (TPSA) is 67.4 Å². The molecule has 0 saturated heterocycles. The lowest BCUT2D eigenvalue weighted by Gasteiger charge is -2.29. The van der Waals surface area contributed by atoms with Crippen molar-refractivity contribution in [2.24, 2.45) is 0 Å². The first-order chi connectivity index (χ1) is 11.2. The first-order valence-electron chi connectivity index (χ1n) is 7.36. The van der Waals surface area contributed by atoms with Gasteiger partial charge < -0.3 is 15.4 Å². The van der Waals surface area contributed by atoms with Gasteiger partial charge in [0, 0.05) is 11.6 Å². The van der Waals surface area contributed by atoms with Gasteiger partial charge >= 0.3 is 0 Å². The average molecular weight is 306 g/mol. The van der Waals surface area contributed by atoms with Crippen molar-refractivity contribution in [2.45, 2.75) is 12.1 Å². The van der Waals surface area contributed by atoms with Crippen LogP contribution < -0.4 is 10.6 Å². The largest absolute Gasteiger partial charge is 0.479 e. The van der Waals surface area contributed by atoms with Gasteiger partial charge in [-0.15, -0.1) is 0 Å². The summed E-state index contributed by atoms with van der Waals surface area (Å²) >= 11 is 0. The number of benzene rings is 2. The second-order valence-electron chi connectivity index (χ2n) is 5.47. The normalized spacial score (nSPS) is 22.5. The Morgan fingerprint density at radius 3 is 2.35 bits per heavy atom. The SMILES string of the molecule is O=C1C=C(c2ccccc2)O[C@H]1[C@H]1Nc2ccccc2NC1=O. The van der Waals surface area contributed by atoms with Crippen LogP contribution in [0.15, 0.2) is 60.7 Å². The van der Waals surface area contributed by atoms with E-state index in [4.69, 9.17) is 4.74 Å². The molecule has 2 aliphatic rings. The molecule has 5 nitrogen and oxygen atoms in total. The van der Waals surface area contributed by atoms with Crippen molar-refractivity contribution in [3.63, 3.8) is 0 Å². The molecule has 2 heterocycles. The van der Waals surface area contributed by atoms with Crippen LogP contribution in [0.5, 0.6) is 0 Å². The zero-order valence-corrected chi connectivity index (χ0v) is 12.2. The van der Waals surface area contributed by atoms with E-state index in [-0.39, 0.29) is 11.7 Å². The number of fused-ring (bicyclic) bond motifs is 1. The summed E-state index contributed by atoms with van der Waals surface area (Å²) in [5, 5.41) is 5.91. The van der Waals surface area contributed by atoms with Gasteiger partial charge in [0.1, 0.15) is 5.76 Å². The van der Waals surface area contributed by atoms with E-state index in [1.54, 1.807) is 6.07 Å². The average Bonchev–Trinajstić information content (AvgIpc) is 2.97. The van der Waals surface area contributed by atoms with Gasteiger partial charge in [-0.3, -0.25) is 9.59 Å². The van der Waals surface area contributed by atoms with Crippen LogP contribution in [-0.4, -0.2) is 23.8 Å². The predicted molar refractivity (Wildman–Crippen MR) is 86.8 cm³/mol. The predicted octanol–water partition coefficient (Wildman–Crippen LogP) is 2.43. The third kappa shape index (κ3) is 2.36. The molecular weight excluding hydrogens is 292 g/mol. The second kappa shape index (κ2) is 5.28. The van der Waals surface area contributed by atoms with Gasteiger partial charge in [-0.25, -0.2) is 0 Å². The molecule has 0 radical (unpaired) electrons. The van der Waals surface area contributed by atoms with Crippen molar-refractivity contribution in [3.8, 4) is 0 Å². The lowest BCUT2D eigenvalue weighted by Crippen LogP contribution is -2.49. The minimum absolute atomic E-state index is 0.212. The molecule has 114 valence electrons. The van der Waals surface area contributed by atoms with Gasteiger partial charge in [-0.2, -0.15) is 0 Å². The quantitative estimate of drug-likeness (QED) is 0.894. The Bertz CT molecular complexity index is 814. The van der Waals surface area contributed by atoms with Crippen molar-refractivity contribution < 1.29 is 14.3 Å². The monoisotopic (exact) mass is 306 g/mol. The van der Waals surface area contributed by atoms with Crippen LogP contribution in [-0.2, 0) is 14.3 Å². The number of ether oxygens (including phenoxy) is 1. The van der Waals surface area contributed by atoms with E-state index in [1.807, 2.05) is 48.5 Å². The number of nitrogens with one attached hydrogen (secondary N) is 2. The molecule has 0 aliphatic carbocycles. The molecule has 0 unspecified atom stereocenters. The van der Waals surface area contributed by atoms with Gasteiger partial charge in [0.15, 0.2) is 12.1 Å². The number of ketones is 1. The maximum atomic E-state index is 12.3. The fourth-order valence-corrected chi connectivity index (χ4v) is 2.80. The van der Waals surface area contributed by atoms with Gasteiger partial charge in [0.05, 0.1) is 11.4 Å². The van der Waals surface area contributed by atoms with E-state index >= 15 is 0 Å². The van der Waals surface area contributed by atoms with Crippen LogP contribution >= 0.6 is 0 Å². The third-order valence-electron chi connectivity index (χ3n) is 3.95. The van der Waals surface area contributed by atoms with E-state index < -0.39 is 12.1 Å². The summed E-state index contributed by atoms with van der Waals surface area (Å²) in [6.45, 7) is 0. The molecule has 2 atom stereocenters. The summed E-state index contributed by atoms with van der Waals surface area (Å²) in [6, 6.07) is 16.0. The minimum atomic E-state index is -0.862. The standard InChI is InChI=1S/C18H14N2O3/c21-14-10-15(11-6-2-1-3-7-11)23-17(14)16-18(22)20-13-9-5-4-8-12(13)19-16/h1-10,16-17,19H,(H,20,22)/t16-,17-/m1/s1. The van der Waals surface area contributed by atoms with Crippen molar-refractivity contribution in [1.29, 1.82) is 0 Å². The number of amides is 1. The fourth-order valence-electron chi connectivity index (χ4n) is 2.80. The Labute approximate surface area is 133 Å². The summed E-state index contributed by atoms with van der Waals surface area (Å²) in [4.78, 5) is 24.6. The zero-order chi connectivity index (χ0) is 15.8. The zero-order valence-electron chi connectivity index (χ0n) is 12.2. The number of hydrogen-bond acceptors (Lipinski definition) is 4. The molecule has 0 bridgehead atoms. The number of carbonyl (C=O) groups is 2. The molecule has 2 aliphatic heterocycles. The molecule has 1 amide bonds. The molecule has 0 fully saturated rings. The number of carbonyl (C=O) groups excluding carboxylic acids is 2. The highest BCUT2D eigenvalue weighted by molar-refractivity contribution is 6.10. The van der Waals surface area contributed by atoms with Crippen LogP contribution in [0.25, 0.3) is 5.76 Å². The number of anilines is 2. The number of hydrogen-bond donors (Lipinski definition) is 2. The van der Waals surface area contributed by atoms with Crippen molar-refractivity contribution in [2.75, 3.05) is 10.6 Å². The highest BCUT2D eigenvalue weighted by Gasteiger charge is 2.41. The molecule has 2 N–H and O–H groups in total. The van der Waals surface area contributed by atoms with Gasteiger partial charge in [0.2, 0.25) is 5.78 Å². The summed E-state index contributed by atoms with van der Waals surface area (Å²) in [5.74, 6) is 0.00899. The third-order valence-corrected chi connectivity index (χ3v) is 3.95. The Balaban J connectivity index is 1.58. The minimum Gasteiger partial charge on any atom is -0.479 e. The summed E-state index contributed by atoms with van der Waals surface area (Å²) in [7, 11) is 0. The molecule has 2 aromatic rings. The van der Waals surface area contributed by atoms with Gasteiger partial charge in [-0.05, 0) is 12.1 Å². The number of para-hydroxylation sites is 2. The summed E-state index contributed by atoms with van der Waals surface area (Å²) < 4.78 is 5.77. The molecule has 2 aromatic carbocycles. The van der Waals surface area contributed by atoms with Crippen LogP contribution in [0.3, 0.4) is 0 Å². The van der Waals surface area contributed by atoms with Crippen LogP contribution in [0.4, 0.5) is 11.4 Å². The first-order valence-corrected chi connectivity index (χ1v) is 7.36. The highest BCUT2D eigenvalue weighted by Crippen LogP contribution is 2.31. The van der Waals surface area contributed by atoms with Gasteiger partial charge in [-0.1, -0.05) is 42.5 Å². The molecule has 0 saturated carbocycles. The second-order valence-corrected chi connectivity index (χ2v) is 5.47. The molecule has 0 spiro atoms. The Morgan fingerprint density at radius 2 is 1.57 bits per heavy atom. The van der Waals surface area contributed by atoms with Crippen LogP contribution in [0, 0.1) is 0 Å². The van der Waals surface area contributed by atoms with Crippen LogP contribution in [0.1, 0.15) is 5.56 Å². The highest BCUT2D eigenvalue weighted by atomic mass is 16.5. The molecule has 0 aromatic heterocycles. The first kappa shape index (κ1) is 13.6. The number of rotatable bonds is 2. The van der Waals surface area contributed by atoms with E-state index in [0.29, 0.717) is 11.4 Å². The summed E-state index contributed by atoms with van der Waals surface area (Å²) in [5.41, 5.74) is 2.30. The van der Waals surface area contributed by atoms with Crippen molar-refractivity contribution in [3.05, 3.63) is 66.2 Å². The lowest BCUT2D eigenvalue weighted by molar-refractivity contribution is -0.127. The molecule has 4 rings (SSSR count). The van der Waals surface area contributed by atoms with Crippen LogP contribution in [0.2, 0.25) is 0 Å². The van der Waals surface area contributed by atoms with Crippen molar-refractivity contribution >= 4 is 28.8 Å². The Hall–Kier alpha value is -3.08. The lowest BCUT2D eigenvalue weighted by atomic mass is 10.0. The van der Waals surface area contributed by atoms with E-state index in [2.05, 4.69) is 10.6 Å². The van der Waals surface area contributed by atoms with E-state index in [0.717, 1.165) is 11.3 Å². The van der Waals surface area contributed by atoms with Gasteiger partial charge in [0.25, 0.3) is 5.91 Å². The maximum Gasteiger partial charge on any atom is 0.251 e. The molecular formula is C18H14N2O3. The van der Waals surface area contributed by atoms with E-state index in [9.17, 15) is 9.59 Å². The Morgan fingerprint density at radius 1 is 0.870 bits per heavy atom. The molecule has 5 heteroatoms. The summed E-state index contributed by atoms with van der Waals surface area (Å²) in [6.07, 6.45) is 0.591. The van der Waals surface area contributed by atoms with E-state index in [1.165, 1.54) is 6.08 Å². The molecule has 23 heavy (non-hydrogen) atoms. The smallest absolute Gasteiger partial charge is 0.251 e. The maximum absolute atomic E-state index is 12.3. The van der Waals surface area contributed by atoms with Crippen molar-refractivity contribution in [1.82, 2.24) is 0 Å². The fraction of sp³-hybridized carbons (Fsp3) is 0.111.